The van der Waals surface area contributed by atoms with Crippen LogP contribution in [0, 0.1) is 0 Å². The molecule has 2 aliphatic heterocycles. The van der Waals surface area contributed by atoms with E-state index >= 15 is 0 Å². The molecule has 2 atom stereocenters. The van der Waals surface area contributed by atoms with Gasteiger partial charge in [-0.3, -0.25) is 4.84 Å². The molecule has 2 heterocycles. The molecule has 1 aromatic carbocycles. The number of ether oxygens (including phenoxy) is 2. The minimum atomic E-state index is -0.485. The lowest BCUT2D eigenvalue weighted by Gasteiger charge is -2.56. The second-order valence-electron chi connectivity index (χ2n) is 9.53. The summed E-state index contributed by atoms with van der Waals surface area (Å²) in [6, 6.07) is 10.4. The monoisotopic (exact) mass is 375 g/mol. The van der Waals surface area contributed by atoms with Crippen LogP contribution in [0.5, 0.6) is 0 Å². The molecular formula is C23H37NO3. The Balaban J connectivity index is 1.73. The molecule has 0 radical (unpaired) electrons. The van der Waals surface area contributed by atoms with Crippen molar-refractivity contribution in [2.24, 2.45) is 0 Å². The van der Waals surface area contributed by atoms with E-state index in [-0.39, 0.29) is 23.3 Å². The van der Waals surface area contributed by atoms with Crippen LogP contribution in [0.3, 0.4) is 0 Å². The van der Waals surface area contributed by atoms with Crippen LogP contribution in [0.15, 0.2) is 30.3 Å². The summed E-state index contributed by atoms with van der Waals surface area (Å²) in [4.78, 5) is 6.52. The van der Waals surface area contributed by atoms with Gasteiger partial charge in [-0.25, -0.2) is 0 Å². The Morgan fingerprint density at radius 2 is 1.74 bits per heavy atom. The quantitative estimate of drug-likeness (QED) is 0.644. The largest absolute Gasteiger partial charge is 0.347 e. The molecule has 0 bridgehead atoms. The maximum Gasteiger partial charge on any atom is 0.172 e. The van der Waals surface area contributed by atoms with Crippen molar-refractivity contribution in [2.45, 2.75) is 103 Å². The van der Waals surface area contributed by atoms with Crippen molar-refractivity contribution < 1.29 is 14.3 Å². The minimum Gasteiger partial charge on any atom is -0.347 e. The fourth-order valence-electron chi connectivity index (χ4n) is 4.95. The van der Waals surface area contributed by atoms with Crippen molar-refractivity contribution in [2.75, 3.05) is 6.61 Å². The van der Waals surface area contributed by atoms with Crippen LogP contribution in [-0.4, -0.2) is 34.6 Å². The number of unbranched alkanes of at least 4 members (excludes halogenated alkanes) is 1. The molecule has 0 saturated carbocycles. The predicted octanol–water partition coefficient (Wildman–Crippen LogP) is 5.63. The van der Waals surface area contributed by atoms with E-state index in [4.69, 9.17) is 14.3 Å². The third-order valence-electron chi connectivity index (χ3n) is 5.83. The molecule has 1 spiro atoms. The highest BCUT2D eigenvalue weighted by Crippen LogP contribution is 2.49. The van der Waals surface area contributed by atoms with E-state index < -0.39 is 5.79 Å². The molecule has 0 aromatic heterocycles. The van der Waals surface area contributed by atoms with E-state index in [0.29, 0.717) is 6.61 Å². The highest BCUT2D eigenvalue weighted by Gasteiger charge is 2.57. The first kappa shape index (κ1) is 20.8. The van der Waals surface area contributed by atoms with Gasteiger partial charge in [-0.15, -0.1) is 0 Å². The molecule has 0 N–H and O–H groups in total. The van der Waals surface area contributed by atoms with Crippen LogP contribution in [0.2, 0.25) is 0 Å². The van der Waals surface area contributed by atoms with Crippen molar-refractivity contribution in [1.29, 1.82) is 0 Å². The first-order valence-electron chi connectivity index (χ1n) is 10.5. The molecular weight excluding hydrogens is 338 g/mol. The predicted molar refractivity (Wildman–Crippen MR) is 108 cm³/mol. The number of benzene rings is 1. The summed E-state index contributed by atoms with van der Waals surface area (Å²) in [7, 11) is 0. The molecule has 0 amide bonds. The average Bonchev–Trinajstić information content (AvgIpc) is 2.97. The van der Waals surface area contributed by atoms with Crippen LogP contribution in [0.4, 0.5) is 0 Å². The molecule has 4 nitrogen and oxygen atoms in total. The zero-order valence-corrected chi connectivity index (χ0v) is 18.0. The molecule has 1 aromatic rings. The van der Waals surface area contributed by atoms with E-state index in [0.717, 1.165) is 19.3 Å². The van der Waals surface area contributed by atoms with Gasteiger partial charge in [0.15, 0.2) is 5.79 Å². The van der Waals surface area contributed by atoms with Crippen molar-refractivity contribution in [1.82, 2.24) is 5.06 Å². The van der Waals surface area contributed by atoms with E-state index in [2.05, 4.69) is 70.9 Å². The topological polar surface area (TPSA) is 30.9 Å². The van der Waals surface area contributed by atoms with E-state index in [1.807, 2.05) is 6.07 Å². The van der Waals surface area contributed by atoms with Gasteiger partial charge in [-0.1, -0.05) is 50.1 Å². The first-order chi connectivity index (χ1) is 12.7. The molecule has 2 unspecified atom stereocenters. The molecule has 2 fully saturated rings. The lowest BCUT2D eigenvalue weighted by molar-refractivity contribution is -0.351. The van der Waals surface area contributed by atoms with Crippen LogP contribution >= 0.6 is 0 Å². The first-order valence-corrected chi connectivity index (χ1v) is 10.5. The van der Waals surface area contributed by atoms with Crippen molar-refractivity contribution in [3.05, 3.63) is 35.9 Å². The standard InChI is InChI=1S/C23H37NO3/c1-7-8-14-20-15-25-23(26-20)16-21(3,4)24(22(5,6)17-23)27-18(2)19-12-10-9-11-13-19/h9-13,18,20H,7-8,14-17H2,1-6H3. The Morgan fingerprint density at radius 3 is 2.33 bits per heavy atom. The van der Waals surface area contributed by atoms with Crippen LogP contribution in [-0.2, 0) is 14.3 Å². The Hall–Kier alpha value is -0.940. The summed E-state index contributed by atoms with van der Waals surface area (Å²) in [6.07, 6.45) is 5.34. The Bertz CT molecular complexity index is 595. The van der Waals surface area contributed by atoms with E-state index in [1.165, 1.54) is 18.4 Å². The highest BCUT2D eigenvalue weighted by molar-refractivity contribution is 5.17. The van der Waals surface area contributed by atoms with Gasteiger partial charge in [0.25, 0.3) is 0 Å². The van der Waals surface area contributed by atoms with Crippen LogP contribution in [0.25, 0.3) is 0 Å². The molecule has 27 heavy (non-hydrogen) atoms. The van der Waals surface area contributed by atoms with Crippen molar-refractivity contribution >= 4 is 0 Å². The van der Waals surface area contributed by atoms with Gasteiger partial charge < -0.3 is 9.47 Å². The third-order valence-corrected chi connectivity index (χ3v) is 5.83. The summed E-state index contributed by atoms with van der Waals surface area (Å²) in [5.41, 5.74) is 0.812. The number of hydroxylamine groups is 2. The lowest BCUT2D eigenvalue weighted by atomic mass is 9.78. The van der Waals surface area contributed by atoms with Crippen molar-refractivity contribution in [3.8, 4) is 0 Å². The number of hydrogen-bond donors (Lipinski definition) is 0. The summed E-state index contributed by atoms with van der Waals surface area (Å²) < 4.78 is 12.8. The highest BCUT2D eigenvalue weighted by atomic mass is 16.7. The van der Waals surface area contributed by atoms with Gasteiger partial charge in [0.2, 0.25) is 0 Å². The third kappa shape index (κ3) is 4.56. The molecule has 4 heteroatoms. The molecule has 2 aliphatic rings. The van der Waals surface area contributed by atoms with Gasteiger partial charge in [0.1, 0.15) is 6.10 Å². The Morgan fingerprint density at radius 1 is 1.11 bits per heavy atom. The molecule has 2 saturated heterocycles. The summed E-state index contributed by atoms with van der Waals surface area (Å²) in [6.45, 7) is 14.0. The van der Waals surface area contributed by atoms with E-state index in [9.17, 15) is 0 Å². The van der Waals surface area contributed by atoms with Crippen LogP contribution < -0.4 is 0 Å². The summed E-state index contributed by atoms with van der Waals surface area (Å²) in [5.74, 6) is -0.485. The second kappa shape index (κ2) is 7.82. The number of hydrogen-bond acceptors (Lipinski definition) is 4. The Labute approximate surface area is 165 Å². The zero-order chi connectivity index (χ0) is 19.7. The maximum absolute atomic E-state index is 6.52. The Kier molecular flexibility index (Phi) is 6.02. The fraction of sp³-hybridized carbons (Fsp3) is 0.739. The van der Waals surface area contributed by atoms with Gasteiger partial charge in [-0.2, -0.15) is 5.06 Å². The minimum absolute atomic E-state index is 0.00141. The zero-order valence-electron chi connectivity index (χ0n) is 18.0. The second-order valence-corrected chi connectivity index (χ2v) is 9.53. The fourth-order valence-corrected chi connectivity index (χ4v) is 4.95. The maximum atomic E-state index is 6.52. The van der Waals surface area contributed by atoms with Gasteiger partial charge in [0, 0.05) is 23.9 Å². The van der Waals surface area contributed by atoms with E-state index in [1.54, 1.807) is 0 Å². The molecule has 0 aliphatic carbocycles. The van der Waals surface area contributed by atoms with Crippen LogP contribution in [0.1, 0.15) is 85.3 Å². The smallest absolute Gasteiger partial charge is 0.172 e. The average molecular weight is 376 g/mol. The van der Waals surface area contributed by atoms with Gasteiger partial charge in [-0.05, 0) is 46.6 Å². The summed E-state index contributed by atoms with van der Waals surface area (Å²) >= 11 is 0. The SMILES string of the molecule is CCCCC1COC2(CC(C)(C)N(OC(C)c3ccccc3)C(C)(C)C2)O1. The van der Waals surface area contributed by atoms with Gasteiger partial charge in [0.05, 0.1) is 12.7 Å². The van der Waals surface area contributed by atoms with Crippen molar-refractivity contribution in [3.63, 3.8) is 0 Å². The number of piperidine rings is 1. The molecule has 3 rings (SSSR count). The summed E-state index contributed by atoms with van der Waals surface area (Å²) in [5, 5.41) is 2.19. The number of rotatable bonds is 6. The normalized spacial score (nSPS) is 27.7. The molecule has 152 valence electrons. The lowest BCUT2D eigenvalue weighted by Crippen LogP contribution is -2.65. The number of nitrogens with zero attached hydrogens (tertiary/aromatic N) is 1. The van der Waals surface area contributed by atoms with Gasteiger partial charge >= 0.3 is 0 Å².